The van der Waals surface area contributed by atoms with E-state index >= 15 is 0 Å². The molecule has 6 heteroatoms. The highest BCUT2D eigenvalue weighted by Gasteiger charge is 2.36. The smallest absolute Gasteiger partial charge is 0.416 e. The van der Waals surface area contributed by atoms with E-state index in [9.17, 15) is 18.0 Å². The Balaban J connectivity index is 1.87. The van der Waals surface area contributed by atoms with Gasteiger partial charge in [0.15, 0.2) is 12.0 Å². The molecular weight excluding hydrogens is 319 g/mol. The lowest BCUT2D eigenvalue weighted by Gasteiger charge is -2.10. The molecular formula is C18H14F3NO2. The van der Waals surface area contributed by atoms with Gasteiger partial charge >= 0.3 is 6.18 Å². The van der Waals surface area contributed by atoms with Crippen molar-refractivity contribution in [2.24, 2.45) is 5.73 Å². The number of rotatable bonds is 3. The summed E-state index contributed by atoms with van der Waals surface area (Å²) in [6.07, 6.45) is -5.00. The number of benzene rings is 2. The van der Waals surface area contributed by atoms with E-state index < -0.39 is 23.6 Å². The van der Waals surface area contributed by atoms with E-state index in [1.165, 1.54) is 12.1 Å². The quantitative estimate of drug-likeness (QED) is 0.935. The number of halogens is 3. The van der Waals surface area contributed by atoms with Gasteiger partial charge in [0.05, 0.1) is 11.1 Å². The summed E-state index contributed by atoms with van der Waals surface area (Å²) in [4.78, 5) is 12.5. The van der Waals surface area contributed by atoms with Crippen LogP contribution >= 0.6 is 0 Å². The van der Waals surface area contributed by atoms with Crippen molar-refractivity contribution in [2.45, 2.75) is 18.7 Å². The summed E-state index contributed by atoms with van der Waals surface area (Å²) in [5.41, 5.74) is 5.93. The molecule has 3 rings (SSSR count). The first-order valence-corrected chi connectivity index (χ1v) is 7.28. The number of Topliss-reactive ketones (excluding diaryl/α,β-unsaturated/α-hetero) is 1. The molecule has 1 aliphatic heterocycles. The molecule has 0 fully saturated rings. The average molecular weight is 333 g/mol. The molecule has 1 heterocycles. The molecule has 0 bridgehead atoms. The Kier molecular flexibility index (Phi) is 4.05. The third kappa shape index (κ3) is 3.13. The van der Waals surface area contributed by atoms with Crippen LogP contribution in [0.3, 0.4) is 0 Å². The maximum Gasteiger partial charge on any atom is 0.416 e. The molecule has 2 aromatic rings. The van der Waals surface area contributed by atoms with E-state index in [0.717, 1.165) is 17.7 Å². The second-order valence-electron chi connectivity index (χ2n) is 5.48. The van der Waals surface area contributed by atoms with E-state index in [0.29, 0.717) is 6.42 Å². The van der Waals surface area contributed by atoms with Crippen LogP contribution in [0, 0.1) is 0 Å². The van der Waals surface area contributed by atoms with Gasteiger partial charge < -0.3 is 10.5 Å². The standard InChI is InChI=1S/C18H14F3NO2/c19-18(20,21)13-8-4-7-12(10-13)15-16(23)14(24-17(15)22)9-11-5-2-1-3-6-11/h1-8,10,14H,9,22H2. The highest BCUT2D eigenvalue weighted by atomic mass is 19.4. The van der Waals surface area contributed by atoms with Crippen molar-refractivity contribution in [3.63, 3.8) is 0 Å². The van der Waals surface area contributed by atoms with Gasteiger partial charge in [0.25, 0.3) is 0 Å². The van der Waals surface area contributed by atoms with E-state index in [2.05, 4.69) is 0 Å². The van der Waals surface area contributed by atoms with E-state index in [1.54, 1.807) is 0 Å². The van der Waals surface area contributed by atoms with Crippen molar-refractivity contribution >= 4 is 11.4 Å². The van der Waals surface area contributed by atoms with Gasteiger partial charge in [0, 0.05) is 6.42 Å². The number of carbonyl (C=O) groups excluding carboxylic acids is 1. The number of hydrogen-bond donors (Lipinski definition) is 1. The van der Waals surface area contributed by atoms with Gasteiger partial charge in [-0.2, -0.15) is 13.2 Å². The molecule has 0 radical (unpaired) electrons. The van der Waals surface area contributed by atoms with Gasteiger partial charge in [0.2, 0.25) is 5.78 Å². The molecule has 1 atom stereocenters. The summed E-state index contributed by atoms with van der Waals surface area (Å²) in [5, 5.41) is 0. The Morgan fingerprint density at radius 2 is 1.75 bits per heavy atom. The average Bonchev–Trinajstić information content (AvgIpc) is 2.82. The van der Waals surface area contributed by atoms with Crippen molar-refractivity contribution in [1.82, 2.24) is 0 Å². The van der Waals surface area contributed by atoms with Crippen molar-refractivity contribution in [2.75, 3.05) is 0 Å². The van der Waals surface area contributed by atoms with Gasteiger partial charge in [-0.1, -0.05) is 42.5 Å². The van der Waals surface area contributed by atoms with Gasteiger partial charge in [-0.15, -0.1) is 0 Å². The molecule has 0 amide bonds. The Morgan fingerprint density at radius 3 is 2.42 bits per heavy atom. The largest absolute Gasteiger partial charge is 0.467 e. The zero-order valence-electron chi connectivity index (χ0n) is 12.5. The van der Waals surface area contributed by atoms with Gasteiger partial charge in [-0.3, -0.25) is 4.79 Å². The molecule has 1 unspecified atom stereocenters. The van der Waals surface area contributed by atoms with Crippen LogP contribution in [-0.4, -0.2) is 11.9 Å². The molecule has 0 spiro atoms. The van der Waals surface area contributed by atoms with E-state index in [4.69, 9.17) is 10.5 Å². The summed E-state index contributed by atoms with van der Waals surface area (Å²) < 4.78 is 43.9. The summed E-state index contributed by atoms with van der Waals surface area (Å²) in [5.74, 6) is -0.545. The molecule has 1 aliphatic rings. The van der Waals surface area contributed by atoms with Crippen molar-refractivity contribution in [3.05, 3.63) is 77.2 Å². The lowest BCUT2D eigenvalue weighted by molar-refractivity contribution is -0.137. The van der Waals surface area contributed by atoms with Crippen LogP contribution in [0.2, 0.25) is 0 Å². The second-order valence-corrected chi connectivity index (χ2v) is 5.48. The number of carbonyl (C=O) groups is 1. The van der Waals surface area contributed by atoms with Crippen molar-refractivity contribution in [3.8, 4) is 0 Å². The highest BCUT2D eigenvalue weighted by molar-refractivity contribution is 6.25. The number of alkyl halides is 3. The number of hydrogen-bond acceptors (Lipinski definition) is 3. The van der Waals surface area contributed by atoms with Crippen LogP contribution in [-0.2, 0) is 22.1 Å². The third-order valence-corrected chi connectivity index (χ3v) is 3.80. The maximum absolute atomic E-state index is 12.8. The predicted molar refractivity (Wildman–Crippen MR) is 82.6 cm³/mol. The fraction of sp³-hybridized carbons (Fsp3) is 0.167. The van der Waals surface area contributed by atoms with Gasteiger partial charge in [-0.25, -0.2) is 0 Å². The Hall–Kier alpha value is -2.76. The van der Waals surface area contributed by atoms with Crippen LogP contribution in [0.1, 0.15) is 16.7 Å². The number of ether oxygens (including phenoxy) is 1. The first kappa shape index (κ1) is 16.1. The predicted octanol–water partition coefficient (Wildman–Crippen LogP) is 3.54. The van der Waals surface area contributed by atoms with Crippen LogP contribution in [0.5, 0.6) is 0 Å². The van der Waals surface area contributed by atoms with Gasteiger partial charge in [-0.05, 0) is 23.3 Å². The lowest BCUT2D eigenvalue weighted by atomic mass is 9.96. The monoisotopic (exact) mass is 333 g/mol. The Morgan fingerprint density at radius 1 is 1.04 bits per heavy atom. The summed E-state index contributed by atoms with van der Waals surface area (Å²) in [6, 6.07) is 13.7. The minimum atomic E-state index is -4.49. The molecule has 0 aromatic heterocycles. The molecule has 0 saturated carbocycles. The van der Waals surface area contributed by atoms with Crippen LogP contribution in [0.25, 0.3) is 5.57 Å². The van der Waals surface area contributed by atoms with Crippen LogP contribution in [0.15, 0.2) is 60.5 Å². The van der Waals surface area contributed by atoms with E-state index in [-0.39, 0.29) is 17.0 Å². The van der Waals surface area contributed by atoms with Crippen molar-refractivity contribution < 1.29 is 22.7 Å². The maximum atomic E-state index is 12.8. The molecule has 0 aliphatic carbocycles. The lowest BCUT2D eigenvalue weighted by Crippen LogP contribution is -2.21. The topological polar surface area (TPSA) is 52.3 Å². The second kappa shape index (κ2) is 6.03. The molecule has 3 nitrogen and oxygen atoms in total. The van der Waals surface area contributed by atoms with Crippen molar-refractivity contribution in [1.29, 1.82) is 0 Å². The minimum absolute atomic E-state index is 0.00188. The number of ketones is 1. The first-order valence-electron chi connectivity index (χ1n) is 7.28. The zero-order valence-corrected chi connectivity index (χ0v) is 12.5. The van der Waals surface area contributed by atoms with Crippen LogP contribution in [0.4, 0.5) is 13.2 Å². The minimum Gasteiger partial charge on any atom is -0.467 e. The SMILES string of the molecule is NC1=C(c2cccc(C(F)(F)F)c2)C(=O)C(Cc2ccccc2)O1. The summed E-state index contributed by atoms with van der Waals surface area (Å²) in [7, 11) is 0. The van der Waals surface area contributed by atoms with E-state index in [1.807, 2.05) is 30.3 Å². The molecule has 24 heavy (non-hydrogen) atoms. The fourth-order valence-corrected chi connectivity index (χ4v) is 2.65. The highest BCUT2D eigenvalue weighted by Crippen LogP contribution is 2.34. The van der Waals surface area contributed by atoms with Gasteiger partial charge in [0.1, 0.15) is 0 Å². The Bertz CT molecular complexity index is 797. The third-order valence-electron chi connectivity index (χ3n) is 3.80. The summed E-state index contributed by atoms with van der Waals surface area (Å²) in [6.45, 7) is 0. The fourth-order valence-electron chi connectivity index (χ4n) is 2.65. The Labute approximate surface area is 136 Å². The molecule has 2 aromatic carbocycles. The number of nitrogens with two attached hydrogens (primary N) is 1. The molecule has 0 saturated heterocycles. The zero-order chi connectivity index (χ0) is 17.3. The first-order chi connectivity index (χ1) is 11.4. The molecule has 124 valence electrons. The summed E-state index contributed by atoms with van der Waals surface area (Å²) >= 11 is 0. The molecule has 2 N–H and O–H groups in total. The van der Waals surface area contributed by atoms with Crippen LogP contribution < -0.4 is 5.73 Å². The normalized spacial score (nSPS) is 18.0.